The van der Waals surface area contributed by atoms with E-state index in [1.807, 2.05) is 5.43 Å². The average molecular weight is 824 g/mol. The van der Waals surface area contributed by atoms with Crippen LogP contribution in [-0.2, 0) is 9.59 Å². The molecule has 12 N–H and O–H groups in total. The van der Waals surface area contributed by atoms with Crippen molar-refractivity contribution >= 4 is 69.6 Å². The first kappa shape index (κ1) is 46.6. The summed E-state index contributed by atoms with van der Waals surface area (Å²) in [6.45, 7) is 20.1. The zero-order valence-electron chi connectivity index (χ0n) is 30.8. The molecular formula is C38H40Cl2N8O9. The second-order valence-electron chi connectivity index (χ2n) is 11.9. The Labute approximate surface area is 337 Å². The van der Waals surface area contributed by atoms with E-state index < -0.39 is 48.0 Å². The predicted octanol–water partition coefficient (Wildman–Crippen LogP) is 4.97. The van der Waals surface area contributed by atoms with E-state index in [1.165, 1.54) is 62.4 Å². The van der Waals surface area contributed by atoms with E-state index in [9.17, 15) is 34.5 Å². The van der Waals surface area contributed by atoms with Crippen molar-refractivity contribution in [1.82, 2.24) is 16.3 Å². The lowest BCUT2D eigenvalue weighted by atomic mass is 10.1. The van der Waals surface area contributed by atoms with Crippen LogP contribution in [0.1, 0.15) is 45.7 Å². The Hall–Kier alpha value is -6.60. The topological polar surface area (TPSA) is 264 Å². The first-order valence-corrected chi connectivity index (χ1v) is 17.3. The molecular weight excluding hydrogens is 783 g/mol. The van der Waals surface area contributed by atoms with Crippen molar-refractivity contribution in [3.05, 3.63) is 128 Å². The Bertz CT molecular complexity index is 2170. The third-order valence-corrected chi connectivity index (χ3v) is 8.71. The van der Waals surface area contributed by atoms with Gasteiger partial charge in [-0.05, 0) is 87.4 Å². The number of aliphatic hydroxyl groups excluding tert-OH is 2. The smallest absolute Gasteiger partial charge is 0.328 e. The quantitative estimate of drug-likeness (QED) is 0.0439. The molecule has 300 valence electrons. The van der Waals surface area contributed by atoms with Gasteiger partial charge in [0, 0.05) is 22.5 Å². The minimum atomic E-state index is -1.16. The molecule has 0 fully saturated rings. The molecule has 0 unspecified atom stereocenters. The molecule has 0 saturated carbocycles. The molecule has 4 aromatic carbocycles. The molecule has 0 aliphatic rings. The van der Waals surface area contributed by atoms with Gasteiger partial charge in [-0.15, -0.1) is 0 Å². The number of hydrogen-bond donors (Lipinski definition) is 11. The summed E-state index contributed by atoms with van der Waals surface area (Å²) in [6.07, 6.45) is -2.15. The van der Waals surface area contributed by atoms with Crippen molar-refractivity contribution in [2.24, 2.45) is 5.84 Å². The predicted molar refractivity (Wildman–Crippen MR) is 214 cm³/mol. The van der Waals surface area contributed by atoms with Crippen molar-refractivity contribution in [3.63, 3.8) is 0 Å². The van der Waals surface area contributed by atoms with Gasteiger partial charge in [-0.2, -0.15) is 0 Å². The molecule has 0 spiro atoms. The lowest BCUT2D eigenvalue weighted by Crippen LogP contribution is -2.52. The highest BCUT2D eigenvalue weighted by Gasteiger charge is 2.26. The van der Waals surface area contributed by atoms with E-state index in [2.05, 4.69) is 31.2 Å². The molecule has 0 aliphatic carbocycles. The van der Waals surface area contributed by atoms with Crippen LogP contribution in [0.4, 0.5) is 22.7 Å². The Morgan fingerprint density at radius 2 is 1.11 bits per heavy atom. The zero-order chi connectivity index (χ0) is 43.0. The summed E-state index contributed by atoms with van der Waals surface area (Å²) in [4.78, 5) is 52.8. The van der Waals surface area contributed by atoms with E-state index in [4.69, 9.17) is 52.4 Å². The van der Waals surface area contributed by atoms with E-state index in [1.54, 1.807) is 38.1 Å². The number of hydrazine groups is 2. The number of carbonyl (C=O) groups excluding carboxylic acids is 3. The molecule has 0 aliphatic heterocycles. The number of carboxylic acid groups (broad SMARTS) is 1. The minimum absolute atomic E-state index is 0.0473. The fourth-order valence-corrected chi connectivity index (χ4v) is 5.02. The number of hydrogen-bond acceptors (Lipinski definition) is 11. The highest BCUT2D eigenvalue weighted by atomic mass is 35.5. The molecule has 0 radical (unpaired) electrons. The highest BCUT2D eigenvalue weighted by molar-refractivity contribution is 6.35. The monoisotopic (exact) mass is 822 g/mol. The van der Waals surface area contributed by atoms with Crippen LogP contribution in [0.2, 0.25) is 10.0 Å². The van der Waals surface area contributed by atoms with Gasteiger partial charge in [0.05, 0.1) is 35.4 Å². The van der Waals surface area contributed by atoms with E-state index in [0.29, 0.717) is 33.8 Å². The summed E-state index contributed by atoms with van der Waals surface area (Å²) < 4.78 is 0. The number of halogens is 2. The maximum atomic E-state index is 12.4. The number of aliphatic hydroxyl groups is 2. The normalized spacial score (nSPS) is 12.1. The summed E-state index contributed by atoms with van der Waals surface area (Å²) in [5, 5.41) is 52.8. The van der Waals surface area contributed by atoms with Crippen LogP contribution in [-0.4, -0.2) is 73.5 Å². The molecule has 17 nitrogen and oxygen atoms in total. The number of carbonyl (C=O) groups is 4. The fourth-order valence-electron chi connectivity index (χ4n) is 4.60. The van der Waals surface area contributed by atoms with Crippen molar-refractivity contribution < 1.29 is 44.7 Å². The fraction of sp³-hybridized carbons (Fsp3) is 0.211. The molecule has 0 heterocycles. The van der Waals surface area contributed by atoms with Gasteiger partial charge in [0.1, 0.15) is 17.5 Å². The van der Waals surface area contributed by atoms with Crippen LogP contribution < -0.4 is 32.8 Å². The van der Waals surface area contributed by atoms with Gasteiger partial charge in [0.2, 0.25) is 11.4 Å². The van der Waals surface area contributed by atoms with Gasteiger partial charge >= 0.3 is 5.97 Å². The number of aliphatic carboxylic acids is 1. The first-order valence-electron chi connectivity index (χ1n) is 16.5. The number of amides is 3. The van der Waals surface area contributed by atoms with E-state index in [0.717, 1.165) is 0 Å². The van der Waals surface area contributed by atoms with Gasteiger partial charge in [-0.1, -0.05) is 47.5 Å². The number of phenols is 2. The molecule has 3 amide bonds. The van der Waals surface area contributed by atoms with Crippen LogP contribution in [0, 0.1) is 27.0 Å². The van der Waals surface area contributed by atoms with Gasteiger partial charge in [-0.3, -0.25) is 30.7 Å². The molecule has 0 saturated heterocycles. The molecule has 0 aromatic heterocycles. The average Bonchev–Trinajstić information content (AvgIpc) is 3.17. The Morgan fingerprint density at radius 3 is 1.47 bits per heavy atom. The maximum absolute atomic E-state index is 12.4. The van der Waals surface area contributed by atoms with Crippen LogP contribution in [0.15, 0.2) is 72.8 Å². The van der Waals surface area contributed by atoms with Crippen molar-refractivity contribution in [2.75, 3.05) is 10.6 Å². The molecule has 4 rings (SSSR count). The zero-order valence-corrected chi connectivity index (χ0v) is 32.3. The largest absolute Gasteiger partial charge is 0.508 e. The summed E-state index contributed by atoms with van der Waals surface area (Å²) >= 11 is 12.1. The first-order chi connectivity index (χ1) is 26.9. The van der Waals surface area contributed by atoms with Gasteiger partial charge in [0.15, 0.2) is 6.04 Å². The number of phenolic OH excluding ortho intramolecular Hbond substituents is 2. The molecule has 57 heavy (non-hydrogen) atoms. The Balaban J connectivity index is 0.000000329. The highest BCUT2D eigenvalue weighted by Crippen LogP contribution is 2.34. The van der Waals surface area contributed by atoms with Crippen molar-refractivity contribution in [1.29, 1.82) is 0 Å². The van der Waals surface area contributed by atoms with Gasteiger partial charge in [0.25, 0.3) is 17.7 Å². The minimum Gasteiger partial charge on any atom is -0.508 e. The van der Waals surface area contributed by atoms with Crippen molar-refractivity contribution in [3.8, 4) is 11.5 Å². The number of nitrogens with two attached hydrogens (primary N) is 1. The SMILES string of the molecule is NNC(=O)c1cccc(O)c1.[C-]#[N+]c1ccc(N[C@@H](C(=O)NNC(=O)c2cccc(O)c2)[C@H](C)O)c(C)c1Cl.[C-]#[N+]c1ccc(N[C@@H](C(=O)O)[C@H](C)O)c(C)c1Cl. The lowest BCUT2D eigenvalue weighted by Gasteiger charge is -2.23. The number of carboxylic acids is 1. The molecule has 19 heteroatoms. The van der Waals surface area contributed by atoms with Gasteiger partial charge in [-0.25, -0.2) is 20.3 Å². The second-order valence-corrected chi connectivity index (χ2v) is 12.7. The molecule has 4 atom stereocenters. The van der Waals surface area contributed by atoms with E-state index >= 15 is 0 Å². The third-order valence-electron chi connectivity index (χ3n) is 7.76. The van der Waals surface area contributed by atoms with Crippen molar-refractivity contribution in [2.45, 2.75) is 52.0 Å². The Kier molecular flexibility index (Phi) is 18.0. The number of aromatic hydroxyl groups is 2. The standard InChI is InChI=1S/C19H19ClN4O4.C12H13ClN2O3.C7H8N2O2/c1-10-14(7-8-15(21-3)16(10)20)22-17(11(2)25)19(28)24-23-18(27)12-5-4-6-13(26)9-12;1-6-8(4-5-9(14-3)10(6)13)15-11(7(2)16)12(17)18;8-9-7(11)5-2-1-3-6(10)4-5/h4-9,11,17,22,25-26H,1-2H3,(H,23,27)(H,24,28);4-5,7,11,15-16H,1-2H3,(H,17,18);1-4,10H,8H2,(H,9,11)/t11-,17+;7-,11+;/m00./s1. The summed E-state index contributed by atoms with van der Waals surface area (Å²) in [5.41, 5.74) is 9.59. The molecule has 0 bridgehead atoms. The van der Waals surface area contributed by atoms with Crippen LogP contribution in [0.25, 0.3) is 9.69 Å². The van der Waals surface area contributed by atoms with Crippen LogP contribution in [0.5, 0.6) is 11.5 Å². The number of rotatable bonds is 10. The summed E-state index contributed by atoms with van der Waals surface area (Å²) in [6, 6.07) is 15.5. The number of nitrogen functional groups attached to an aromatic ring is 1. The molecule has 4 aromatic rings. The number of benzene rings is 4. The third kappa shape index (κ3) is 13.6. The van der Waals surface area contributed by atoms with Gasteiger partial charge < -0.3 is 36.2 Å². The number of nitrogens with zero attached hydrogens (tertiary/aromatic N) is 2. The number of anilines is 2. The second kappa shape index (κ2) is 22.1. The Morgan fingerprint density at radius 1 is 0.684 bits per heavy atom. The maximum Gasteiger partial charge on any atom is 0.328 e. The lowest BCUT2D eigenvalue weighted by molar-refractivity contribution is -0.140. The summed E-state index contributed by atoms with van der Waals surface area (Å²) in [7, 11) is 0. The van der Waals surface area contributed by atoms with E-state index in [-0.39, 0.29) is 32.8 Å². The van der Waals surface area contributed by atoms with Crippen LogP contribution >= 0.6 is 23.2 Å². The summed E-state index contributed by atoms with van der Waals surface area (Å²) in [5.74, 6) is 1.94. The van der Waals surface area contributed by atoms with Crippen LogP contribution in [0.3, 0.4) is 0 Å². The number of nitrogens with one attached hydrogen (secondary N) is 5.